The fourth-order valence-corrected chi connectivity index (χ4v) is 2.13. The van der Waals surface area contributed by atoms with Crippen molar-refractivity contribution in [3.05, 3.63) is 34.4 Å². The van der Waals surface area contributed by atoms with E-state index in [-0.39, 0.29) is 12.6 Å². The van der Waals surface area contributed by atoms with Crippen molar-refractivity contribution in [2.45, 2.75) is 6.04 Å². The van der Waals surface area contributed by atoms with Gasteiger partial charge in [-0.2, -0.15) is 0 Å². The van der Waals surface area contributed by atoms with Gasteiger partial charge in [-0.15, -0.1) is 0 Å². The van der Waals surface area contributed by atoms with Gasteiger partial charge in [0.1, 0.15) is 0 Å². The Bertz CT molecular complexity index is 493. The molecular weight excluding hydrogens is 256 g/mol. The Kier molecular flexibility index (Phi) is 2.82. The molecule has 0 aliphatic carbocycles. The van der Waals surface area contributed by atoms with Crippen molar-refractivity contribution < 1.29 is 5.11 Å². The topological polar surface area (TPSA) is 51.2 Å². The van der Waals surface area contributed by atoms with Gasteiger partial charge in [-0.3, -0.25) is 0 Å². The van der Waals surface area contributed by atoms with Crippen LogP contribution in [0, 0.1) is 0 Å². The predicted molar refractivity (Wildman–Crippen MR) is 64.6 cm³/mol. The van der Waals surface area contributed by atoms with E-state index in [0.29, 0.717) is 0 Å². The third kappa shape index (κ3) is 1.80. The zero-order valence-corrected chi connectivity index (χ0v) is 10.0. The normalized spacial score (nSPS) is 13.3. The van der Waals surface area contributed by atoms with Crippen LogP contribution in [-0.2, 0) is 7.05 Å². The zero-order valence-electron chi connectivity index (χ0n) is 8.44. The summed E-state index contributed by atoms with van der Waals surface area (Å²) in [6.45, 7) is -0.0326. The second kappa shape index (κ2) is 3.96. The number of halogens is 1. The summed E-state index contributed by atoms with van der Waals surface area (Å²) >= 11 is 3.44. The molecule has 3 N–H and O–H groups in total. The Hall–Kier alpha value is -0.840. The number of aromatic nitrogens is 1. The number of benzene rings is 1. The maximum absolute atomic E-state index is 9.07. The molecule has 0 aliphatic heterocycles. The molecule has 80 valence electrons. The number of nitrogens with zero attached hydrogens (tertiary/aromatic N) is 1. The lowest BCUT2D eigenvalue weighted by Crippen LogP contribution is -2.13. The van der Waals surface area contributed by atoms with Crippen molar-refractivity contribution in [2.24, 2.45) is 12.8 Å². The molecule has 0 amide bonds. The van der Waals surface area contributed by atoms with Crippen LogP contribution >= 0.6 is 15.9 Å². The van der Waals surface area contributed by atoms with Gasteiger partial charge >= 0.3 is 0 Å². The summed E-state index contributed by atoms with van der Waals surface area (Å²) in [7, 11) is 1.97. The Morgan fingerprint density at radius 1 is 1.53 bits per heavy atom. The Morgan fingerprint density at radius 2 is 2.27 bits per heavy atom. The Morgan fingerprint density at radius 3 is 2.93 bits per heavy atom. The van der Waals surface area contributed by atoms with Gasteiger partial charge < -0.3 is 15.4 Å². The maximum Gasteiger partial charge on any atom is 0.0625 e. The van der Waals surface area contributed by atoms with Crippen LogP contribution in [0.1, 0.15) is 11.6 Å². The SMILES string of the molecule is Cn1cc(C(N)CO)c2ccc(Br)cc21. The van der Waals surface area contributed by atoms with Gasteiger partial charge in [0.15, 0.2) is 0 Å². The molecule has 0 spiro atoms. The molecule has 1 heterocycles. The maximum atomic E-state index is 9.07. The monoisotopic (exact) mass is 268 g/mol. The first-order chi connectivity index (χ1) is 7.13. The lowest BCUT2D eigenvalue weighted by Gasteiger charge is -2.05. The number of fused-ring (bicyclic) bond motifs is 1. The second-order valence-electron chi connectivity index (χ2n) is 3.65. The van der Waals surface area contributed by atoms with Crippen LogP contribution in [0.3, 0.4) is 0 Å². The molecule has 0 aliphatic rings. The van der Waals surface area contributed by atoms with Crippen LogP contribution in [0.4, 0.5) is 0 Å². The summed E-state index contributed by atoms with van der Waals surface area (Å²) in [6.07, 6.45) is 1.97. The van der Waals surface area contributed by atoms with E-state index in [1.54, 1.807) is 0 Å². The highest BCUT2D eigenvalue weighted by Crippen LogP contribution is 2.27. The average molecular weight is 269 g/mol. The van der Waals surface area contributed by atoms with Gasteiger partial charge in [-0.05, 0) is 17.7 Å². The molecule has 0 bridgehead atoms. The molecule has 0 fully saturated rings. The minimum Gasteiger partial charge on any atom is -0.394 e. The standard InChI is InChI=1S/C11H13BrN2O/c1-14-5-9(10(13)6-15)8-3-2-7(12)4-11(8)14/h2-5,10,15H,6,13H2,1H3. The molecule has 3 nitrogen and oxygen atoms in total. The van der Waals surface area contributed by atoms with Gasteiger partial charge in [0.2, 0.25) is 0 Å². The minimum absolute atomic E-state index is 0.0326. The summed E-state index contributed by atoms with van der Waals surface area (Å²) in [5, 5.41) is 10.2. The third-order valence-corrected chi connectivity index (χ3v) is 3.07. The highest BCUT2D eigenvalue weighted by Gasteiger charge is 2.12. The molecule has 2 rings (SSSR count). The molecule has 0 saturated heterocycles. The quantitative estimate of drug-likeness (QED) is 0.875. The average Bonchev–Trinajstić information content (AvgIpc) is 2.55. The summed E-state index contributed by atoms with van der Waals surface area (Å²) in [4.78, 5) is 0. The third-order valence-electron chi connectivity index (χ3n) is 2.58. The number of aryl methyl sites for hydroxylation is 1. The molecule has 0 radical (unpaired) electrons. The van der Waals surface area contributed by atoms with Gasteiger partial charge in [0, 0.05) is 28.6 Å². The van der Waals surface area contributed by atoms with Gasteiger partial charge in [0.05, 0.1) is 12.6 Å². The van der Waals surface area contributed by atoms with Crippen LogP contribution in [0.5, 0.6) is 0 Å². The minimum atomic E-state index is -0.310. The van der Waals surface area contributed by atoms with Crippen molar-refractivity contribution in [3.8, 4) is 0 Å². The number of nitrogens with two attached hydrogens (primary N) is 1. The Balaban J connectivity index is 2.68. The highest BCUT2D eigenvalue weighted by molar-refractivity contribution is 9.10. The molecule has 1 atom stereocenters. The van der Waals surface area contributed by atoms with E-state index < -0.39 is 0 Å². The predicted octanol–water partition coefficient (Wildman–Crippen LogP) is 1.93. The highest BCUT2D eigenvalue weighted by atomic mass is 79.9. The van der Waals surface area contributed by atoms with E-state index in [2.05, 4.69) is 15.9 Å². The first kappa shape index (κ1) is 10.7. The van der Waals surface area contributed by atoms with E-state index >= 15 is 0 Å². The fraction of sp³-hybridized carbons (Fsp3) is 0.273. The van der Waals surface area contributed by atoms with E-state index in [1.165, 1.54) is 0 Å². The summed E-state index contributed by atoms with van der Waals surface area (Å²) in [6, 6.07) is 5.73. The summed E-state index contributed by atoms with van der Waals surface area (Å²) in [5.41, 5.74) is 7.94. The van der Waals surface area contributed by atoms with E-state index in [0.717, 1.165) is 20.9 Å². The molecule has 15 heavy (non-hydrogen) atoms. The second-order valence-corrected chi connectivity index (χ2v) is 4.56. The number of aliphatic hydroxyl groups is 1. The van der Waals surface area contributed by atoms with Crippen LogP contribution in [0.15, 0.2) is 28.9 Å². The summed E-state index contributed by atoms with van der Waals surface area (Å²) in [5.74, 6) is 0. The van der Waals surface area contributed by atoms with Crippen molar-refractivity contribution >= 4 is 26.8 Å². The van der Waals surface area contributed by atoms with Gasteiger partial charge in [0.25, 0.3) is 0 Å². The van der Waals surface area contributed by atoms with Crippen molar-refractivity contribution in [3.63, 3.8) is 0 Å². The largest absolute Gasteiger partial charge is 0.394 e. The van der Waals surface area contributed by atoms with Gasteiger partial charge in [-0.25, -0.2) is 0 Å². The fourth-order valence-electron chi connectivity index (χ4n) is 1.78. The van der Waals surface area contributed by atoms with E-state index in [9.17, 15) is 0 Å². The molecule has 1 aromatic carbocycles. The molecule has 4 heteroatoms. The van der Waals surface area contributed by atoms with Gasteiger partial charge in [-0.1, -0.05) is 22.0 Å². The van der Waals surface area contributed by atoms with Crippen LogP contribution in [-0.4, -0.2) is 16.3 Å². The van der Waals surface area contributed by atoms with Crippen molar-refractivity contribution in [1.82, 2.24) is 4.57 Å². The molecule has 1 unspecified atom stereocenters. The van der Waals surface area contributed by atoms with Crippen molar-refractivity contribution in [1.29, 1.82) is 0 Å². The summed E-state index contributed by atoms with van der Waals surface area (Å²) < 4.78 is 3.06. The molecule has 0 saturated carbocycles. The van der Waals surface area contributed by atoms with Crippen LogP contribution < -0.4 is 5.73 Å². The number of hydrogen-bond donors (Lipinski definition) is 2. The number of hydrogen-bond acceptors (Lipinski definition) is 2. The lowest BCUT2D eigenvalue weighted by atomic mass is 10.1. The lowest BCUT2D eigenvalue weighted by molar-refractivity contribution is 0.268. The number of aliphatic hydroxyl groups excluding tert-OH is 1. The molecule has 2 aromatic rings. The first-order valence-corrected chi connectivity index (χ1v) is 5.53. The number of rotatable bonds is 2. The zero-order chi connectivity index (χ0) is 11.0. The molecule has 1 aromatic heterocycles. The molecular formula is C11H13BrN2O. The van der Waals surface area contributed by atoms with Crippen LogP contribution in [0.2, 0.25) is 0 Å². The van der Waals surface area contributed by atoms with Crippen molar-refractivity contribution in [2.75, 3.05) is 6.61 Å². The van der Waals surface area contributed by atoms with E-state index in [4.69, 9.17) is 10.8 Å². The first-order valence-electron chi connectivity index (χ1n) is 4.74. The Labute approximate surface area is 96.6 Å². The van der Waals surface area contributed by atoms with Crippen LogP contribution in [0.25, 0.3) is 10.9 Å². The van der Waals surface area contributed by atoms with E-state index in [1.807, 2.05) is 36.0 Å². The smallest absolute Gasteiger partial charge is 0.0625 e.